The third-order valence-electron chi connectivity index (χ3n) is 5.19. The molecule has 1 saturated carbocycles. The summed E-state index contributed by atoms with van der Waals surface area (Å²) in [5.41, 5.74) is 4.55. The Hall–Kier alpha value is -1.86. The molecule has 1 amide bonds. The van der Waals surface area contributed by atoms with Gasteiger partial charge in [0.2, 0.25) is 5.92 Å². The van der Waals surface area contributed by atoms with Crippen LogP contribution < -0.4 is 10.6 Å². The Morgan fingerprint density at radius 1 is 1.23 bits per heavy atom. The van der Waals surface area contributed by atoms with Crippen LogP contribution in [0.5, 0.6) is 0 Å². The van der Waals surface area contributed by atoms with Crippen LogP contribution in [0.15, 0.2) is 6.07 Å². The minimum Gasteiger partial charge on any atom is -0.371 e. The molecule has 1 heterocycles. The normalized spacial score (nSPS) is 20.8. The van der Waals surface area contributed by atoms with Gasteiger partial charge in [-0.1, -0.05) is 0 Å². The Kier molecular flexibility index (Phi) is 4.65. The lowest BCUT2D eigenvalue weighted by molar-refractivity contribution is -0.138. The molecule has 2 fully saturated rings. The Labute approximate surface area is 148 Å². The number of carbonyl (C=O) groups excluding carboxylic acids is 1. The highest BCUT2D eigenvalue weighted by atomic mass is 19.4. The van der Waals surface area contributed by atoms with Crippen LogP contribution in [0, 0.1) is 6.92 Å². The van der Waals surface area contributed by atoms with E-state index in [0.29, 0.717) is 12.8 Å². The summed E-state index contributed by atoms with van der Waals surface area (Å²) in [6.07, 6.45) is -3.78. The van der Waals surface area contributed by atoms with Crippen LogP contribution in [-0.2, 0) is 6.18 Å². The van der Waals surface area contributed by atoms with E-state index in [0.717, 1.165) is 0 Å². The number of rotatable bonds is 3. The molecular formula is C18H21F5N2O. The van der Waals surface area contributed by atoms with Crippen LogP contribution in [0.3, 0.4) is 0 Å². The van der Waals surface area contributed by atoms with E-state index in [2.05, 4.69) is 0 Å². The van der Waals surface area contributed by atoms with Gasteiger partial charge in [0.15, 0.2) is 0 Å². The molecule has 1 aliphatic heterocycles. The lowest BCUT2D eigenvalue weighted by atomic mass is 9.91. The zero-order valence-electron chi connectivity index (χ0n) is 14.4. The predicted molar refractivity (Wildman–Crippen MR) is 87.7 cm³/mol. The van der Waals surface area contributed by atoms with Crippen molar-refractivity contribution in [1.82, 2.24) is 0 Å². The fraction of sp³-hybridized carbons (Fsp3) is 0.611. The molecule has 0 atom stereocenters. The Morgan fingerprint density at radius 3 is 2.42 bits per heavy atom. The number of alkyl halides is 5. The topological polar surface area (TPSA) is 46.3 Å². The van der Waals surface area contributed by atoms with E-state index in [1.165, 1.54) is 13.0 Å². The van der Waals surface area contributed by atoms with Crippen molar-refractivity contribution in [3.05, 3.63) is 28.3 Å². The molecule has 0 aromatic heterocycles. The Morgan fingerprint density at radius 2 is 1.88 bits per heavy atom. The van der Waals surface area contributed by atoms with Crippen molar-refractivity contribution >= 4 is 11.6 Å². The van der Waals surface area contributed by atoms with Crippen LogP contribution in [0.2, 0.25) is 0 Å². The smallest absolute Gasteiger partial charge is 0.371 e. The van der Waals surface area contributed by atoms with E-state index >= 15 is 0 Å². The van der Waals surface area contributed by atoms with Crippen LogP contribution in [0.25, 0.3) is 0 Å². The van der Waals surface area contributed by atoms with Crippen LogP contribution in [0.1, 0.15) is 65.1 Å². The number of carbonyl (C=O) groups is 1. The van der Waals surface area contributed by atoms with Gasteiger partial charge in [-0.05, 0) is 49.3 Å². The maximum absolute atomic E-state index is 13.7. The predicted octanol–water partition coefficient (Wildman–Crippen LogP) is 4.62. The van der Waals surface area contributed by atoms with Gasteiger partial charge >= 0.3 is 6.18 Å². The van der Waals surface area contributed by atoms with E-state index in [1.807, 2.05) is 0 Å². The van der Waals surface area contributed by atoms with Crippen molar-refractivity contribution in [2.75, 3.05) is 18.0 Å². The Bertz CT molecular complexity index is 725. The molecule has 144 valence electrons. The first kappa shape index (κ1) is 18.9. The monoisotopic (exact) mass is 376 g/mol. The van der Waals surface area contributed by atoms with Crippen molar-refractivity contribution in [3.8, 4) is 0 Å². The molecular weight excluding hydrogens is 355 g/mol. The third-order valence-corrected chi connectivity index (χ3v) is 5.19. The zero-order valence-corrected chi connectivity index (χ0v) is 14.4. The average molecular weight is 376 g/mol. The van der Waals surface area contributed by atoms with E-state index in [9.17, 15) is 26.7 Å². The van der Waals surface area contributed by atoms with E-state index in [4.69, 9.17) is 5.73 Å². The molecule has 1 saturated heterocycles. The Balaban J connectivity index is 2.14. The molecule has 1 aromatic rings. The lowest BCUT2D eigenvalue weighted by Crippen LogP contribution is -2.30. The average Bonchev–Trinajstić information content (AvgIpc) is 3.32. The number of anilines is 1. The number of hydrogen-bond acceptors (Lipinski definition) is 2. The van der Waals surface area contributed by atoms with Gasteiger partial charge in [-0.15, -0.1) is 0 Å². The second-order valence-electron chi connectivity index (χ2n) is 7.19. The van der Waals surface area contributed by atoms with Gasteiger partial charge in [0.05, 0.1) is 16.8 Å². The summed E-state index contributed by atoms with van der Waals surface area (Å²) in [6, 6.07) is 1.36. The van der Waals surface area contributed by atoms with Gasteiger partial charge in [0.1, 0.15) is 0 Å². The molecule has 2 N–H and O–H groups in total. The van der Waals surface area contributed by atoms with Gasteiger partial charge in [-0.3, -0.25) is 4.79 Å². The van der Waals surface area contributed by atoms with Crippen LogP contribution in [0.4, 0.5) is 27.6 Å². The summed E-state index contributed by atoms with van der Waals surface area (Å²) >= 11 is 0. The maximum atomic E-state index is 13.7. The number of hydrogen-bond donors (Lipinski definition) is 1. The van der Waals surface area contributed by atoms with Crippen molar-refractivity contribution in [3.63, 3.8) is 0 Å². The first-order valence-electron chi connectivity index (χ1n) is 8.68. The van der Waals surface area contributed by atoms with Gasteiger partial charge in [-0.2, -0.15) is 13.2 Å². The highest BCUT2D eigenvalue weighted by Gasteiger charge is 2.42. The molecule has 3 rings (SSSR count). The first-order valence-corrected chi connectivity index (χ1v) is 8.68. The molecule has 1 aromatic carbocycles. The summed E-state index contributed by atoms with van der Waals surface area (Å²) in [4.78, 5) is 13.5. The SMILES string of the molecule is Cc1c(C(N)=O)c(N2CCCC(F)(F)CC2)cc(C2CC2)c1C(F)(F)F. The largest absolute Gasteiger partial charge is 0.416 e. The summed E-state index contributed by atoms with van der Waals surface area (Å²) in [5.74, 6) is -3.98. The minimum atomic E-state index is -4.60. The molecule has 26 heavy (non-hydrogen) atoms. The fourth-order valence-electron chi connectivity index (χ4n) is 3.78. The number of benzene rings is 1. The van der Waals surface area contributed by atoms with Gasteiger partial charge in [-0.25, -0.2) is 8.78 Å². The number of nitrogens with two attached hydrogens (primary N) is 1. The molecule has 1 aliphatic carbocycles. The summed E-state index contributed by atoms with van der Waals surface area (Å²) < 4.78 is 68.2. The summed E-state index contributed by atoms with van der Waals surface area (Å²) in [7, 11) is 0. The molecule has 3 nitrogen and oxygen atoms in total. The lowest BCUT2D eigenvalue weighted by Gasteiger charge is -2.28. The van der Waals surface area contributed by atoms with Gasteiger partial charge in [0.25, 0.3) is 5.91 Å². The fourth-order valence-corrected chi connectivity index (χ4v) is 3.78. The molecule has 0 radical (unpaired) electrons. The second kappa shape index (κ2) is 6.39. The molecule has 0 bridgehead atoms. The van der Waals surface area contributed by atoms with Crippen molar-refractivity contribution in [2.45, 2.75) is 57.0 Å². The minimum absolute atomic E-state index is 0.0256. The number of nitrogens with zero attached hydrogens (tertiary/aromatic N) is 1. The highest BCUT2D eigenvalue weighted by Crippen LogP contribution is 2.49. The molecule has 2 aliphatic rings. The quantitative estimate of drug-likeness (QED) is 0.783. The van der Waals surface area contributed by atoms with E-state index < -0.39 is 30.0 Å². The summed E-state index contributed by atoms with van der Waals surface area (Å²) in [5, 5.41) is 0. The van der Waals surface area contributed by atoms with Gasteiger partial charge < -0.3 is 10.6 Å². The van der Waals surface area contributed by atoms with Crippen molar-refractivity contribution in [1.29, 1.82) is 0 Å². The van der Waals surface area contributed by atoms with Crippen LogP contribution in [-0.4, -0.2) is 24.9 Å². The van der Waals surface area contributed by atoms with Crippen molar-refractivity contribution in [2.24, 2.45) is 5.73 Å². The second-order valence-corrected chi connectivity index (χ2v) is 7.19. The molecule has 8 heteroatoms. The maximum Gasteiger partial charge on any atom is 0.416 e. The standard InChI is InChI=1S/C18H21F5N2O/c1-10-14(16(24)26)13(25-7-2-5-17(19,20)6-8-25)9-12(11-3-4-11)15(10)18(21,22)23/h9,11H,2-8H2,1H3,(H2,24,26). The van der Waals surface area contributed by atoms with Crippen LogP contribution >= 0.6 is 0 Å². The zero-order chi connectivity index (χ0) is 19.3. The van der Waals surface area contributed by atoms with Gasteiger partial charge in [0, 0.05) is 25.9 Å². The first-order chi connectivity index (χ1) is 12.0. The van der Waals surface area contributed by atoms with Crippen molar-refractivity contribution < 1.29 is 26.7 Å². The number of primary amides is 1. The van der Waals surface area contributed by atoms with E-state index in [-0.39, 0.29) is 54.2 Å². The number of amides is 1. The molecule has 0 unspecified atom stereocenters. The van der Waals surface area contributed by atoms with E-state index in [1.54, 1.807) is 4.90 Å². The third kappa shape index (κ3) is 3.64. The molecule has 0 spiro atoms. The number of halogens is 5. The summed E-state index contributed by atoms with van der Waals surface area (Å²) in [6.45, 7) is 1.47. The highest BCUT2D eigenvalue weighted by molar-refractivity contribution is 6.01.